The molecule has 2 amide bonds. The quantitative estimate of drug-likeness (QED) is 0.856. The Morgan fingerprint density at radius 3 is 2.62 bits per heavy atom. The summed E-state index contributed by atoms with van der Waals surface area (Å²) in [6.07, 6.45) is 3.80. The van der Waals surface area contributed by atoms with Gasteiger partial charge in [-0.1, -0.05) is 18.2 Å². The van der Waals surface area contributed by atoms with E-state index in [0.717, 1.165) is 0 Å². The number of nitrogens with one attached hydrogen (secondary N) is 1. The van der Waals surface area contributed by atoms with E-state index >= 15 is 0 Å². The molecule has 132 valence electrons. The average molecular weight is 352 g/mol. The van der Waals surface area contributed by atoms with Crippen molar-refractivity contribution < 1.29 is 14.0 Å². The highest BCUT2D eigenvalue weighted by Gasteiger charge is 2.28. The predicted octanol–water partition coefficient (Wildman–Crippen LogP) is 2.47. The summed E-state index contributed by atoms with van der Waals surface area (Å²) in [6.45, 7) is 3.61. The molecule has 0 aliphatic carbocycles. The fourth-order valence-corrected chi connectivity index (χ4v) is 3.24. The van der Waals surface area contributed by atoms with Gasteiger partial charge in [-0.05, 0) is 44.1 Å². The lowest BCUT2D eigenvalue weighted by molar-refractivity contribution is -0.134. The number of benzene rings is 1. The number of hydrogen-bond acceptors (Lipinski definition) is 3. The van der Waals surface area contributed by atoms with Gasteiger partial charge in [-0.15, -0.1) is 0 Å². The van der Waals surface area contributed by atoms with Gasteiger partial charge in [0.1, 0.15) is 5.82 Å². The Morgan fingerprint density at radius 2 is 2.00 bits per heavy atom. The molecule has 1 N–H and O–H groups in total. The molecule has 1 fully saturated rings. The second-order valence-electron chi connectivity index (χ2n) is 6.11. The molecule has 1 heterocycles. The molecule has 2 rings (SSSR count). The van der Waals surface area contributed by atoms with E-state index in [9.17, 15) is 14.0 Å². The Morgan fingerprint density at radius 1 is 1.33 bits per heavy atom. The molecule has 1 unspecified atom stereocenters. The molecule has 1 aromatic rings. The zero-order valence-electron chi connectivity index (χ0n) is 14.3. The van der Waals surface area contributed by atoms with Crippen LogP contribution >= 0.6 is 11.8 Å². The second kappa shape index (κ2) is 9.06. The number of halogens is 1. The molecule has 0 radical (unpaired) electrons. The Hall–Kier alpha value is -1.56. The van der Waals surface area contributed by atoms with Crippen molar-refractivity contribution in [1.82, 2.24) is 10.2 Å². The smallest absolute Gasteiger partial charge is 0.235 e. The zero-order chi connectivity index (χ0) is 17.5. The molecule has 6 heteroatoms. The Balaban J connectivity index is 1.73. The molecular formula is C18H25FN2O2S. The van der Waals surface area contributed by atoms with Crippen molar-refractivity contribution in [3.63, 3.8) is 0 Å². The maximum Gasteiger partial charge on any atom is 0.235 e. The number of carbonyl (C=O) groups excluding carboxylic acids is 2. The highest BCUT2D eigenvalue weighted by molar-refractivity contribution is 7.99. The van der Waals surface area contributed by atoms with Gasteiger partial charge < -0.3 is 10.2 Å². The summed E-state index contributed by atoms with van der Waals surface area (Å²) >= 11 is 1.54. The van der Waals surface area contributed by atoms with Gasteiger partial charge in [-0.2, -0.15) is 11.8 Å². The summed E-state index contributed by atoms with van der Waals surface area (Å²) in [4.78, 5) is 26.2. The van der Waals surface area contributed by atoms with E-state index in [4.69, 9.17) is 0 Å². The molecule has 24 heavy (non-hydrogen) atoms. The summed E-state index contributed by atoms with van der Waals surface area (Å²) < 4.78 is 13.5. The number of carbonyl (C=O) groups is 2. The lowest BCUT2D eigenvalue weighted by atomic mass is 9.95. The standard InChI is InChI=1S/C18H25FN2O2S/c1-13(24-2)18(23)21-11-8-15(9-12-21)17(22)20-10-7-14-5-3-4-6-16(14)19/h3-6,13,15H,7-12H2,1-2H3,(H,20,22). The van der Waals surface area contributed by atoms with Crippen LogP contribution in [0.1, 0.15) is 25.3 Å². The number of thioether (sulfide) groups is 1. The van der Waals surface area contributed by atoms with Crippen LogP contribution in [0.15, 0.2) is 24.3 Å². The van der Waals surface area contributed by atoms with Crippen LogP contribution in [0, 0.1) is 11.7 Å². The fourth-order valence-electron chi connectivity index (χ4n) is 2.89. The van der Waals surface area contributed by atoms with Crippen LogP contribution in [-0.2, 0) is 16.0 Å². The molecule has 0 spiro atoms. The van der Waals surface area contributed by atoms with E-state index in [1.54, 1.807) is 30.0 Å². The molecule has 1 aliphatic heterocycles. The third-order valence-corrected chi connectivity index (χ3v) is 5.44. The van der Waals surface area contributed by atoms with Crippen LogP contribution in [0.5, 0.6) is 0 Å². The van der Waals surface area contributed by atoms with Gasteiger partial charge in [0.2, 0.25) is 11.8 Å². The molecule has 4 nitrogen and oxygen atoms in total. The van der Waals surface area contributed by atoms with Gasteiger partial charge in [0.15, 0.2) is 0 Å². The molecule has 1 saturated heterocycles. The van der Waals surface area contributed by atoms with Crippen molar-refractivity contribution >= 4 is 23.6 Å². The van der Waals surface area contributed by atoms with Crippen LogP contribution in [-0.4, -0.2) is 47.9 Å². The van der Waals surface area contributed by atoms with E-state index in [0.29, 0.717) is 44.5 Å². The first-order valence-electron chi connectivity index (χ1n) is 8.35. The summed E-state index contributed by atoms with van der Waals surface area (Å²) in [5, 5.41) is 2.86. The van der Waals surface area contributed by atoms with Gasteiger partial charge >= 0.3 is 0 Å². The minimum Gasteiger partial charge on any atom is -0.356 e. The molecule has 1 atom stereocenters. The fraction of sp³-hybridized carbons (Fsp3) is 0.556. The third-order valence-electron chi connectivity index (χ3n) is 4.53. The van der Waals surface area contributed by atoms with Crippen molar-refractivity contribution in [2.24, 2.45) is 5.92 Å². The minimum absolute atomic E-state index is 0.0105. The Kier molecular flexibility index (Phi) is 7.09. The van der Waals surface area contributed by atoms with Gasteiger partial charge in [0.05, 0.1) is 5.25 Å². The number of piperidine rings is 1. The van der Waals surface area contributed by atoms with Gasteiger partial charge in [-0.25, -0.2) is 4.39 Å². The highest BCUT2D eigenvalue weighted by Crippen LogP contribution is 2.20. The molecule has 1 aromatic carbocycles. The van der Waals surface area contributed by atoms with Gasteiger partial charge in [-0.3, -0.25) is 9.59 Å². The highest BCUT2D eigenvalue weighted by atomic mass is 32.2. The minimum atomic E-state index is -0.235. The van der Waals surface area contributed by atoms with Crippen LogP contribution < -0.4 is 5.32 Å². The van der Waals surface area contributed by atoms with E-state index in [1.807, 2.05) is 18.1 Å². The topological polar surface area (TPSA) is 49.4 Å². The van der Waals surface area contributed by atoms with E-state index in [1.165, 1.54) is 6.07 Å². The van der Waals surface area contributed by atoms with Crippen LogP contribution in [0.2, 0.25) is 0 Å². The molecular weight excluding hydrogens is 327 g/mol. The lowest BCUT2D eigenvalue weighted by Crippen LogP contribution is -2.45. The number of likely N-dealkylation sites (tertiary alicyclic amines) is 1. The van der Waals surface area contributed by atoms with Gasteiger partial charge in [0, 0.05) is 25.6 Å². The number of amides is 2. The largest absolute Gasteiger partial charge is 0.356 e. The molecule has 0 saturated carbocycles. The van der Waals surface area contributed by atoms with E-state index < -0.39 is 0 Å². The van der Waals surface area contributed by atoms with Crippen molar-refractivity contribution in [2.75, 3.05) is 25.9 Å². The summed E-state index contributed by atoms with van der Waals surface area (Å²) in [5.74, 6) is -0.127. The van der Waals surface area contributed by atoms with E-state index in [-0.39, 0.29) is 28.8 Å². The molecule has 0 bridgehead atoms. The van der Waals surface area contributed by atoms with Crippen molar-refractivity contribution in [1.29, 1.82) is 0 Å². The summed E-state index contributed by atoms with van der Waals surface area (Å²) in [6, 6.07) is 6.62. The molecule has 1 aliphatic rings. The van der Waals surface area contributed by atoms with Crippen LogP contribution in [0.3, 0.4) is 0 Å². The summed E-state index contributed by atoms with van der Waals surface area (Å²) in [5.41, 5.74) is 0.615. The first-order chi connectivity index (χ1) is 11.5. The van der Waals surface area contributed by atoms with Crippen LogP contribution in [0.25, 0.3) is 0 Å². The lowest BCUT2D eigenvalue weighted by Gasteiger charge is -2.32. The second-order valence-corrected chi connectivity index (χ2v) is 7.29. The molecule has 0 aromatic heterocycles. The van der Waals surface area contributed by atoms with Gasteiger partial charge in [0.25, 0.3) is 0 Å². The predicted molar refractivity (Wildman–Crippen MR) is 95.4 cm³/mol. The van der Waals surface area contributed by atoms with Crippen LogP contribution in [0.4, 0.5) is 4.39 Å². The first-order valence-corrected chi connectivity index (χ1v) is 9.64. The normalized spacial score (nSPS) is 16.7. The maximum atomic E-state index is 13.5. The zero-order valence-corrected chi connectivity index (χ0v) is 15.1. The maximum absolute atomic E-state index is 13.5. The Labute approximate surface area is 147 Å². The number of rotatable bonds is 6. The average Bonchev–Trinajstić information content (AvgIpc) is 2.62. The van der Waals surface area contributed by atoms with E-state index in [2.05, 4.69) is 5.32 Å². The van der Waals surface area contributed by atoms with Crippen molar-refractivity contribution in [2.45, 2.75) is 31.4 Å². The number of hydrogen-bond donors (Lipinski definition) is 1. The van der Waals surface area contributed by atoms with Crippen molar-refractivity contribution in [3.05, 3.63) is 35.6 Å². The number of nitrogens with zero attached hydrogens (tertiary/aromatic N) is 1. The SMILES string of the molecule is CSC(C)C(=O)N1CCC(C(=O)NCCc2ccccc2F)CC1. The third kappa shape index (κ3) is 4.97. The summed E-state index contributed by atoms with van der Waals surface area (Å²) in [7, 11) is 0. The Bertz CT molecular complexity index is 574. The monoisotopic (exact) mass is 352 g/mol. The van der Waals surface area contributed by atoms with Crippen molar-refractivity contribution in [3.8, 4) is 0 Å². The first kappa shape index (κ1) is 18.8.